The predicted octanol–water partition coefficient (Wildman–Crippen LogP) is 0.0416. The highest BCUT2D eigenvalue weighted by atomic mass is 16.6. The Morgan fingerprint density at radius 3 is 2.03 bits per heavy atom. The molecule has 2 rings (SSSR count). The van der Waals surface area contributed by atoms with E-state index in [2.05, 4.69) is 26.4 Å². The number of nitrogens with one attached hydrogen (secondary N) is 4. The van der Waals surface area contributed by atoms with E-state index in [4.69, 9.17) is 9.26 Å². The van der Waals surface area contributed by atoms with Gasteiger partial charge in [0.2, 0.25) is 23.6 Å². The van der Waals surface area contributed by atoms with E-state index < -0.39 is 41.8 Å². The van der Waals surface area contributed by atoms with Crippen LogP contribution in [-0.2, 0) is 41.6 Å². The Kier molecular flexibility index (Phi) is 11.7. The van der Waals surface area contributed by atoms with Crippen LogP contribution in [0, 0.1) is 11.8 Å². The lowest BCUT2D eigenvalue weighted by Gasteiger charge is -2.21. The normalized spacial score (nSPS) is 16.1. The van der Waals surface area contributed by atoms with E-state index in [1.807, 2.05) is 34.6 Å². The third-order valence-corrected chi connectivity index (χ3v) is 5.56. The summed E-state index contributed by atoms with van der Waals surface area (Å²) < 4.78 is 10.1. The van der Waals surface area contributed by atoms with Crippen LogP contribution in [0.1, 0.15) is 58.9 Å². The van der Waals surface area contributed by atoms with Gasteiger partial charge in [-0.25, -0.2) is 0 Å². The van der Waals surface area contributed by atoms with Gasteiger partial charge in [-0.05, 0) is 24.7 Å². The van der Waals surface area contributed by atoms with E-state index in [-0.39, 0.29) is 37.1 Å². The Balaban J connectivity index is 1.82. The van der Waals surface area contributed by atoms with E-state index in [0.29, 0.717) is 37.3 Å². The van der Waals surface area contributed by atoms with Crippen molar-refractivity contribution >= 4 is 29.4 Å². The highest BCUT2D eigenvalue weighted by Gasteiger charge is 2.37. The molecule has 0 bridgehead atoms. The number of carbonyl (C=O) groups excluding carboxylic acids is 5. The molecule has 1 aliphatic rings. The molecule has 0 saturated carbocycles. The van der Waals surface area contributed by atoms with Crippen LogP contribution in [0.15, 0.2) is 10.6 Å². The molecule has 0 aromatic carbocycles. The Bertz CT molecular complexity index is 955. The Hall–Kier alpha value is -3.28. The van der Waals surface area contributed by atoms with Crippen LogP contribution in [0.25, 0.3) is 0 Å². The summed E-state index contributed by atoms with van der Waals surface area (Å²) in [5.74, 6) is -1.24. The lowest BCUT2D eigenvalue weighted by Crippen LogP contribution is -2.52. The van der Waals surface area contributed by atoms with E-state index in [1.165, 1.54) is 0 Å². The zero-order valence-corrected chi connectivity index (χ0v) is 22.2. The van der Waals surface area contributed by atoms with Crippen LogP contribution >= 0.6 is 0 Å². The van der Waals surface area contributed by atoms with Gasteiger partial charge in [-0.1, -0.05) is 39.8 Å². The van der Waals surface area contributed by atoms with Crippen LogP contribution < -0.4 is 21.3 Å². The van der Waals surface area contributed by atoms with Crippen molar-refractivity contribution in [2.75, 3.05) is 19.7 Å². The number of hydrogen-bond acceptors (Lipinski definition) is 8. The van der Waals surface area contributed by atoms with Crippen molar-refractivity contribution in [2.24, 2.45) is 11.8 Å². The zero-order chi connectivity index (χ0) is 27.5. The van der Waals surface area contributed by atoms with Gasteiger partial charge >= 0.3 is 0 Å². The van der Waals surface area contributed by atoms with Crippen LogP contribution in [0.5, 0.6) is 0 Å². The van der Waals surface area contributed by atoms with Gasteiger partial charge in [-0.15, -0.1) is 0 Å². The van der Waals surface area contributed by atoms with Crippen LogP contribution in [0.4, 0.5) is 0 Å². The summed E-state index contributed by atoms with van der Waals surface area (Å²) in [6.07, 6.45) is 0.944. The molecule has 0 radical (unpaired) electrons. The van der Waals surface area contributed by atoms with Gasteiger partial charge in [-0.3, -0.25) is 24.0 Å². The fraction of sp³-hybridized carbons (Fsp3) is 0.680. The Morgan fingerprint density at radius 2 is 1.49 bits per heavy atom. The minimum Gasteiger partial charge on any atom is -0.365 e. The molecule has 3 unspecified atom stereocenters. The summed E-state index contributed by atoms with van der Waals surface area (Å²) in [6.45, 7) is 9.28. The highest BCUT2D eigenvalue weighted by Crippen LogP contribution is 2.16. The third-order valence-electron chi connectivity index (χ3n) is 5.56. The number of carbonyl (C=O) groups is 5. The molecule has 1 aromatic rings. The number of nitrogens with zero attached hydrogens (tertiary/aromatic N) is 1. The number of rotatable bonds is 16. The second kappa shape index (κ2) is 14.5. The first-order valence-corrected chi connectivity index (χ1v) is 12.7. The lowest BCUT2D eigenvalue weighted by atomic mass is 9.98. The lowest BCUT2D eigenvalue weighted by molar-refractivity contribution is -0.132. The second-order valence-corrected chi connectivity index (χ2v) is 10.0. The van der Waals surface area contributed by atoms with Crippen LogP contribution in [-0.4, -0.2) is 72.5 Å². The molecule has 1 saturated heterocycles. The highest BCUT2D eigenvalue weighted by molar-refractivity contribution is 5.95. The van der Waals surface area contributed by atoms with Gasteiger partial charge in [0.25, 0.3) is 0 Å². The van der Waals surface area contributed by atoms with Gasteiger partial charge in [-0.2, -0.15) is 0 Å². The summed E-state index contributed by atoms with van der Waals surface area (Å²) in [5, 5.41) is 14.1. The van der Waals surface area contributed by atoms with Gasteiger partial charge < -0.3 is 30.5 Å². The second-order valence-electron chi connectivity index (χ2n) is 10.0. The predicted molar refractivity (Wildman–Crippen MR) is 133 cm³/mol. The average Bonchev–Trinajstić information content (AvgIpc) is 3.58. The quantitative estimate of drug-likeness (QED) is 0.221. The number of hydrogen-bond donors (Lipinski definition) is 4. The van der Waals surface area contributed by atoms with Gasteiger partial charge in [0.1, 0.15) is 17.9 Å². The summed E-state index contributed by atoms with van der Waals surface area (Å²) >= 11 is 0. The van der Waals surface area contributed by atoms with Crippen molar-refractivity contribution in [3.05, 3.63) is 17.5 Å². The van der Waals surface area contributed by atoms with Gasteiger partial charge in [0.15, 0.2) is 5.78 Å². The monoisotopic (exact) mass is 521 g/mol. The van der Waals surface area contributed by atoms with Crippen LogP contribution in [0.2, 0.25) is 0 Å². The number of Topliss-reactive ketones (excluding diaryl/α,β-unsaturated/α-hetero) is 1. The number of ketones is 1. The van der Waals surface area contributed by atoms with Crippen molar-refractivity contribution in [3.63, 3.8) is 0 Å². The number of aryl methyl sites for hydroxylation is 1. The Morgan fingerprint density at radius 1 is 0.919 bits per heavy atom. The summed E-state index contributed by atoms with van der Waals surface area (Å²) in [4.78, 5) is 62.1. The molecule has 4 N–H and O–H groups in total. The van der Waals surface area contributed by atoms with E-state index in [1.54, 1.807) is 6.07 Å². The number of aromatic nitrogens is 1. The number of amides is 4. The molecular weight excluding hydrogens is 482 g/mol. The molecule has 3 atom stereocenters. The van der Waals surface area contributed by atoms with Crippen molar-refractivity contribution in [1.29, 1.82) is 0 Å². The molecule has 12 heteroatoms. The molecule has 4 amide bonds. The first-order valence-electron chi connectivity index (χ1n) is 12.7. The Labute approximate surface area is 217 Å². The smallest absolute Gasteiger partial charge is 0.243 e. The van der Waals surface area contributed by atoms with Crippen molar-refractivity contribution in [3.8, 4) is 0 Å². The maximum absolute atomic E-state index is 12.7. The minimum absolute atomic E-state index is 0.0328. The van der Waals surface area contributed by atoms with E-state index >= 15 is 0 Å². The van der Waals surface area contributed by atoms with Crippen molar-refractivity contribution in [2.45, 2.75) is 78.5 Å². The largest absolute Gasteiger partial charge is 0.365 e. The molecule has 1 aliphatic heterocycles. The van der Waals surface area contributed by atoms with E-state index in [0.717, 1.165) is 0 Å². The van der Waals surface area contributed by atoms with Gasteiger partial charge in [0.05, 0.1) is 37.9 Å². The first-order chi connectivity index (χ1) is 17.5. The maximum Gasteiger partial charge on any atom is 0.243 e. The fourth-order valence-corrected chi connectivity index (χ4v) is 3.65. The molecule has 0 aliphatic carbocycles. The maximum atomic E-state index is 12.7. The average molecular weight is 522 g/mol. The zero-order valence-electron chi connectivity index (χ0n) is 22.2. The van der Waals surface area contributed by atoms with Crippen molar-refractivity contribution < 1.29 is 33.2 Å². The molecule has 206 valence electrons. The molecule has 37 heavy (non-hydrogen) atoms. The van der Waals surface area contributed by atoms with Gasteiger partial charge in [0, 0.05) is 12.5 Å². The minimum atomic E-state index is -0.896. The molecule has 2 heterocycles. The van der Waals surface area contributed by atoms with Crippen molar-refractivity contribution in [1.82, 2.24) is 26.4 Å². The summed E-state index contributed by atoms with van der Waals surface area (Å²) in [7, 11) is 0. The standard InChI is InChI=1S/C25H39N5O7/c1-6-17-9-16(30-37-17)10-21(31)26-11-22(32)29-19(8-15(4)5)25(35)27-12-23(33)28-18(7-14(2)3)24(34)20-13-36-20/h9,14-15,18-20H,6-8,10-13H2,1-5H3,(H,26,31)(H,27,35)(H,28,33)(H,29,32). The van der Waals surface area contributed by atoms with Crippen LogP contribution in [0.3, 0.4) is 0 Å². The SMILES string of the molecule is CCc1cc(CC(=O)NCC(=O)NC(CC(C)C)C(=O)NCC(=O)NC(CC(C)C)C(=O)C2CO2)no1. The van der Waals surface area contributed by atoms with E-state index in [9.17, 15) is 24.0 Å². The molecule has 12 nitrogen and oxygen atoms in total. The molecule has 1 aromatic heterocycles. The molecular formula is C25H39N5O7. The molecule has 0 spiro atoms. The molecule has 1 fully saturated rings. The topological polar surface area (TPSA) is 172 Å². The third kappa shape index (κ3) is 11.1. The number of ether oxygens (including phenoxy) is 1. The fourth-order valence-electron chi connectivity index (χ4n) is 3.65. The first kappa shape index (κ1) is 29.9. The number of epoxide rings is 1. The summed E-state index contributed by atoms with van der Waals surface area (Å²) in [5.41, 5.74) is 0.465. The summed E-state index contributed by atoms with van der Waals surface area (Å²) in [6, 6.07) is 0.102.